The Kier molecular flexibility index (Phi) is 3.38. The Labute approximate surface area is 121 Å². The molecule has 1 fully saturated rings. The second kappa shape index (κ2) is 5.06. The fourth-order valence-electron chi connectivity index (χ4n) is 3.29. The highest BCUT2D eigenvalue weighted by atomic mass is 15.3. The summed E-state index contributed by atoms with van der Waals surface area (Å²) in [5, 5.41) is 8.39. The second-order valence-electron chi connectivity index (χ2n) is 5.95. The van der Waals surface area contributed by atoms with Crippen LogP contribution >= 0.6 is 0 Å². The van der Waals surface area contributed by atoms with E-state index in [0.29, 0.717) is 6.04 Å². The fraction of sp³-hybridized carbons (Fsp3) is 0.471. The molecule has 0 aliphatic carbocycles. The number of nitrogens with zero attached hydrogens (tertiary/aromatic N) is 2. The van der Waals surface area contributed by atoms with Gasteiger partial charge in [0.05, 0.1) is 11.4 Å². The third-order valence-corrected chi connectivity index (χ3v) is 4.38. The number of benzene rings is 1. The summed E-state index contributed by atoms with van der Waals surface area (Å²) in [5.41, 5.74) is 7.65. The van der Waals surface area contributed by atoms with Crippen molar-refractivity contribution in [1.29, 1.82) is 0 Å². The van der Waals surface area contributed by atoms with E-state index in [4.69, 9.17) is 5.10 Å². The summed E-state index contributed by atoms with van der Waals surface area (Å²) >= 11 is 0. The third-order valence-electron chi connectivity index (χ3n) is 4.38. The molecule has 1 aliphatic rings. The van der Waals surface area contributed by atoms with E-state index in [9.17, 15) is 0 Å². The SMILES string of the molecule is Cc1ccc(C)c(-c2nn(C)c(C3CCCN3)c2C)c1. The number of aryl methyl sites for hydroxylation is 3. The zero-order chi connectivity index (χ0) is 14.3. The summed E-state index contributed by atoms with van der Waals surface area (Å²) in [7, 11) is 2.07. The number of hydrogen-bond donors (Lipinski definition) is 1. The van der Waals surface area contributed by atoms with Gasteiger partial charge < -0.3 is 5.32 Å². The summed E-state index contributed by atoms with van der Waals surface area (Å²) in [5.74, 6) is 0. The lowest BCUT2D eigenvalue weighted by Gasteiger charge is -2.12. The minimum absolute atomic E-state index is 0.464. The highest BCUT2D eigenvalue weighted by Gasteiger charge is 2.24. The van der Waals surface area contributed by atoms with Crippen molar-refractivity contribution in [2.45, 2.75) is 39.7 Å². The van der Waals surface area contributed by atoms with E-state index >= 15 is 0 Å². The summed E-state index contributed by atoms with van der Waals surface area (Å²) in [6.07, 6.45) is 2.47. The first-order valence-electron chi connectivity index (χ1n) is 7.42. The number of rotatable bonds is 2. The Morgan fingerprint density at radius 1 is 1.25 bits per heavy atom. The molecule has 1 aliphatic heterocycles. The number of hydrogen-bond acceptors (Lipinski definition) is 2. The summed E-state index contributed by atoms with van der Waals surface area (Å²) in [6, 6.07) is 7.06. The van der Waals surface area contributed by atoms with Gasteiger partial charge in [0, 0.05) is 18.7 Å². The van der Waals surface area contributed by atoms with Gasteiger partial charge in [-0.05, 0) is 57.4 Å². The molecule has 0 amide bonds. The lowest BCUT2D eigenvalue weighted by Crippen LogP contribution is -2.17. The highest BCUT2D eigenvalue weighted by Crippen LogP contribution is 2.33. The van der Waals surface area contributed by atoms with Crippen molar-refractivity contribution >= 4 is 0 Å². The van der Waals surface area contributed by atoms with Crippen LogP contribution in [0.4, 0.5) is 0 Å². The molecule has 106 valence electrons. The largest absolute Gasteiger partial charge is 0.309 e. The molecule has 0 radical (unpaired) electrons. The zero-order valence-electron chi connectivity index (χ0n) is 12.8. The summed E-state index contributed by atoms with van der Waals surface area (Å²) in [6.45, 7) is 7.63. The predicted octanol–water partition coefficient (Wildman–Crippen LogP) is 3.44. The Balaban J connectivity index is 2.11. The van der Waals surface area contributed by atoms with Crippen LogP contribution in [0.5, 0.6) is 0 Å². The standard InChI is InChI=1S/C17H23N3/c1-11-7-8-12(2)14(10-11)16-13(3)17(20(4)19-16)15-6-5-9-18-15/h7-8,10,15,18H,5-6,9H2,1-4H3. The van der Waals surface area contributed by atoms with Crippen LogP contribution in [0, 0.1) is 20.8 Å². The minimum Gasteiger partial charge on any atom is -0.309 e. The normalized spacial score (nSPS) is 18.7. The fourth-order valence-corrected chi connectivity index (χ4v) is 3.29. The topological polar surface area (TPSA) is 29.9 Å². The van der Waals surface area contributed by atoms with E-state index in [1.165, 1.54) is 40.8 Å². The van der Waals surface area contributed by atoms with Gasteiger partial charge in [-0.15, -0.1) is 0 Å². The molecule has 1 unspecified atom stereocenters. The van der Waals surface area contributed by atoms with Gasteiger partial charge in [-0.25, -0.2) is 0 Å². The molecule has 1 aromatic heterocycles. The first-order chi connectivity index (χ1) is 9.58. The molecular formula is C17H23N3. The van der Waals surface area contributed by atoms with Crippen LogP contribution in [0.3, 0.4) is 0 Å². The Hall–Kier alpha value is -1.61. The van der Waals surface area contributed by atoms with Crippen molar-refractivity contribution in [2.24, 2.45) is 7.05 Å². The summed E-state index contributed by atoms with van der Waals surface area (Å²) in [4.78, 5) is 0. The van der Waals surface area contributed by atoms with Crippen LogP contribution in [0.15, 0.2) is 18.2 Å². The van der Waals surface area contributed by atoms with Gasteiger partial charge in [-0.2, -0.15) is 5.10 Å². The lowest BCUT2D eigenvalue weighted by atomic mass is 9.98. The molecule has 0 saturated carbocycles. The number of aromatic nitrogens is 2. The molecule has 1 atom stereocenters. The molecule has 1 N–H and O–H groups in total. The van der Waals surface area contributed by atoms with E-state index in [0.717, 1.165) is 12.2 Å². The first kappa shape index (κ1) is 13.4. The van der Waals surface area contributed by atoms with Crippen molar-refractivity contribution < 1.29 is 0 Å². The lowest BCUT2D eigenvalue weighted by molar-refractivity contribution is 0.571. The summed E-state index contributed by atoms with van der Waals surface area (Å²) < 4.78 is 2.06. The Bertz CT molecular complexity index is 634. The maximum absolute atomic E-state index is 4.80. The van der Waals surface area contributed by atoms with Gasteiger partial charge in [0.25, 0.3) is 0 Å². The zero-order valence-corrected chi connectivity index (χ0v) is 12.8. The van der Waals surface area contributed by atoms with Gasteiger partial charge >= 0.3 is 0 Å². The molecule has 1 saturated heterocycles. The van der Waals surface area contributed by atoms with Crippen molar-refractivity contribution in [2.75, 3.05) is 6.54 Å². The monoisotopic (exact) mass is 269 g/mol. The molecule has 1 aromatic carbocycles. The van der Waals surface area contributed by atoms with Crippen molar-refractivity contribution in [3.05, 3.63) is 40.6 Å². The van der Waals surface area contributed by atoms with Crippen molar-refractivity contribution in [1.82, 2.24) is 15.1 Å². The van der Waals surface area contributed by atoms with E-state index < -0.39 is 0 Å². The van der Waals surface area contributed by atoms with Gasteiger partial charge in [0.1, 0.15) is 0 Å². The van der Waals surface area contributed by atoms with Gasteiger partial charge in [0.2, 0.25) is 0 Å². The molecule has 3 rings (SSSR count). The van der Waals surface area contributed by atoms with E-state index in [1.54, 1.807) is 0 Å². The number of nitrogens with one attached hydrogen (secondary N) is 1. The van der Waals surface area contributed by atoms with Gasteiger partial charge in [0.15, 0.2) is 0 Å². The smallest absolute Gasteiger partial charge is 0.0958 e. The second-order valence-corrected chi connectivity index (χ2v) is 5.95. The Morgan fingerprint density at radius 3 is 2.75 bits per heavy atom. The third kappa shape index (κ3) is 2.16. The van der Waals surface area contributed by atoms with Gasteiger partial charge in [-0.3, -0.25) is 4.68 Å². The quantitative estimate of drug-likeness (QED) is 0.905. The van der Waals surface area contributed by atoms with E-state index in [1.807, 2.05) is 0 Å². The van der Waals surface area contributed by atoms with Crippen LogP contribution in [-0.4, -0.2) is 16.3 Å². The molecule has 0 spiro atoms. The molecule has 2 heterocycles. The van der Waals surface area contributed by atoms with E-state index in [-0.39, 0.29) is 0 Å². The average Bonchev–Trinajstić information content (AvgIpc) is 3.01. The van der Waals surface area contributed by atoms with Crippen LogP contribution in [0.1, 0.15) is 41.3 Å². The van der Waals surface area contributed by atoms with Crippen LogP contribution in [-0.2, 0) is 7.05 Å². The maximum atomic E-state index is 4.80. The minimum atomic E-state index is 0.464. The Morgan fingerprint density at radius 2 is 2.05 bits per heavy atom. The average molecular weight is 269 g/mol. The molecule has 3 heteroatoms. The van der Waals surface area contributed by atoms with Crippen molar-refractivity contribution in [3.63, 3.8) is 0 Å². The van der Waals surface area contributed by atoms with Crippen molar-refractivity contribution in [3.8, 4) is 11.3 Å². The molecular weight excluding hydrogens is 246 g/mol. The molecule has 3 nitrogen and oxygen atoms in total. The highest BCUT2D eigenvalue weighted by molar-refractivity contribution is 5.68. The molecule has 0 bridgehead atoms. The van der Waals surface area contributed by atoms with Gasteiger partial charge in [-0.1, -0.05) is 17.7 Å². The first-order valence-corrected chi connectivity index (χ1v) is 7.42. The molecule has 2 aromatic rings. The predicted molar refractivity (Wildman–Crippen MR) is 82.8 cm³/mol. The van der Waals surface area contributed by atoms with Crippen LogP contribution < -0.4 is 5.32 Å². The maximum Gasteiger partial charge on any atom is 0.0958 e. The van der Waals surface area contributed by atoms with E-state index in [2.05, 4.69) is 56.0 Å². The molecule has 20 heavy (non-hydrogen) atoms. The van der Waals surface area contributed by atoms with Crippen LogP contribution in [0.2, 0.25) is 0 Å². The van der Waals surface area contributed by atoms with Crippen LogP contribution in [0.25, 0.3) is 11.3 Å².